The second-order valence-corrected chi connectivity index (χ2v) is 10.7. The van der Waals surface area contributed by atoms with Crippen molar-refractivity contribution in [1.29, 1.82) is 0 Å². The number of aromatic nitrogens is 4. The largest absolute Gasteiger partial charge is 0.319 e. The van der Waals surface area contributed by atoms with E-state index >= 15 is 0 Å². The van der Waals surface area contributed by atoms with E-state index in [-0.39, 0.29) is 0 Å². The SMILES string of the molecule is Clc1ccc2nc(-c3ccccc3-c3nc4ccc(Cl)cc4n3Cc3ccccc3)n(Cc3ccccc3)c2c1. The quantitative estimate of drug-likeness (QED) is 0.204. The standard InChI is InChI=1S/C34H24Cl2N4/c35-25-15-17-29-31(19-25)39(21-23-9-3-1-4-10-23)33(37-29)27-13-7-8-14-28(27)34-38-30-18-16-26(36)20-32(30)40(34)22-24-11-5-2-6-12-24/h1-20H,21-22H2. The topological polar surface area (TPSA) is 35.6 Å². The molecule has 0 bridgehead atoms. The summed E-state index contributed by atoms with van der Waals surface area (Å²) >= 11 is 12.9. The van der Waals surface area contributed by atoms with E-state index in [2.05, 4.69) is 81.9 Å². The first kappa shape index (κ1) is 24.6. The van der Waals surface area contributed by atoms with E-state index in [9.17, 15) is 0 Å². The molecule has 2 aromatic heterocycles. The van der Waals surface area contributed by atoms with E-state index in [4.69, 9.17) is 33.2 Å². The van der Waals surface area contributed by atoms with Crippen molar-refractivity contribution >= 4 is 45.3 Å². The van der Waals surface area contributed by atoms with Gasteiger partial charge in [0.2, 0.25) is 0 Å². The van der Waals surface area contributed by atoms with Crippen molar-refractivity contribution in [3.05, 3.63) is 142 Å². The minimum absolute atomic E-state index is 0.664. The van der Waals surface area contributed by atoms with Gasteiger partial charge < -0.3 is 9.13 Å². The normalized spacial score (nSPS) is 11.4. The number of benzene rings is 5. The van der Waals surface area contributed by atoms with E-state index in [1.165, 1.54) is 11.1 Å². The fraction of sp³-hybridized carbons (Fsp3) is 0.0588. The summed E-state index contributed by atoms with van der Waals surface area (Å²) in [5.74, 6) is 1.74. The van der Waals surface area contributed by atoms with Gasteiger partial charge in [-0.2, -0.15) is 0 Å². The molecule has 7 aromatic rings. The number of rotatable bonds is 6. The summed E-state index contributed by atoms with van der Waals surface area (Å²) in [7, 11) is 0. The van der Waals surface area contributed by atoms with Crippen LogP contribution in [0.1, 0.15) is 11.1 Å². The molecule has 0 fully saturated rings. The Morgan fingerprint density at radius 2 is 0.875 bits per heavy atom. The molecule has 2 heterocycles. The summed E-state index contributed by atoms with van der Waals surface area (Å²) in [5, 5.41) is 1.37. The van der Waals surface area contributed by atoms with Gasteiger partial charge in [-0.05, 0) is 47.5 Å². The summed E-state index contributed by atoms with van der Waals surface area (Å²) < 4.78 is 4.49. The van der Waals surface area contributed by atoms with Crippen LogP contribution in [0.2, 0.25) is 10.0 Å². The second-order valence-electron chi connectivity index (χ2n) is 9.83. The highest BCUT2D eigenvalue weighted by molar-refractivity contribution is 6.31. The Kier molecular flexibility index (Phi) is 6.35. The number of halogens is 2. The number of imidazole rings is 2. The van der Waals surface area contributed by atoms with Crippen LogP contribution in [-0.2, 0) is 13.1 Å². The first-order chi connectivity index (χ1) is 19.6. The van der Waals surface area contributed by atoms with Crippen molar-refractivity contribution in [3.63, 3.8) is 0 Å². The summed E-state index contributed by atoms with van der Waals surface area (Å²) in [4.78, 5) is 10.3. The van der Waals surface area contributed by atoms with E-state index in [1.54, 1.807) is 0 Å². The molecule has 0 atom stereocenters. The maximum absolute atomic E-state index is 6.47. The molecular weight excluding hydrogens is 535 g/mol. The number of hydrogen-bond donors (Lipinski definition) is 0. The molecule has 0 aliphatic carbocycles. The molecule has 7 rings (SSSR count). The van der Waals surface area contributed by atoms with Crippen LogP contribution < -0.4 is 0 Å². The Morgan fingerprint density at radius 1 is 0.475 bits per heavy atom. The molecule has 0 spiro atoms. The zero-order valence-electron chi connectivity index (χ0n) is 21.5. The van der Waals surface area contributed by atoms with Gasteiger partial charge in [-0.1, -0.05) is 108 Å². The molecular formula is C34H24Cl2N4. The zero-order chi connectivity index (χ0) is 27.1. The summed E-state index contributed by atoms with van der Waals surface area (Å²) in [6.45, 7) is 1.33. The second kappa shape index (κ2) is 10.3. The van der Waals surface area contributed by atoms with Crippen molar-refractivity contribution in [2.24, 2.45) is 0 Å². The number of hydrogen-bond acceptors (Lipinski definition) is 2. The van der Waals surface area contributed by atoms with Crippen molar-refractivity contribution in [2.45, 2.75) is 13.1 Å². The number of fused-ring (bicyclic) bond motifs is 2. The highest BCUT2D eigenvalue weighted by Gasteiger charge is 2.21. The minimum atomic E-state index is 0.664. The first-order valence-electron chi connectivity index (χ1n) is 13.1. The Labute approximate surface area is 242 Å². The van der Waals surface area contributed by atoms with E-state index in [0.717, 1.165) is 44.8 Å². The molecule has 0 aliphatic rings. The smallest absolute Gasteiger partial charge is 0.142 e. The molecule has 40 heavy (non-hydrogen) atoms. The fourth-order valence-corrected chi connectivity index (χ4v) is 5.66. The summed E-state index contributed by atoms with van der Waals surface area (Å²) in [6, 6.07) is 40.9. The summed E-state index contributed by atoms with van der Waals surface area (Å²) in [5.41, 5.74) is 8.15. The molecule has 0 radical (unpaired) electrons. The third kappa shape index (κ3) is 4.56. The highest BCUT2D eigenvalue weighted by Crippen LogP contribution is 2.36. The van der Waals surface area contributed by atoms with E-state index < -0.39 is 0 Å². The average Bonchev–Trinajstić information content (AvgIpc) is 3.51. The van der Waals surface area contributed by atoms with Crippen LogP contribution in [0.3, 0.4) is 0 Å². The van der Waals surface area contributed by atoms with Crippen LogP contribution >= 0.6 is 23.2 Å². The molecule has 194 valence electrons. The Bertz CT molecular complexity index is 1830. The first-order valence-corrected chi connectivity index (χ1v) is 13.9. The molecule has 0 amide bonds. The maximum Gasteiger partial charge on any atom is 0.142 e. The van der Waals surface area contributed by atoms with Gasteiger partial charge in [0.25, 0.3) is 0 Å². The lowest BCUT2D eigenvalue weighted by molar-refractivity contribution is 0.827. The van der Waals surface area contributed by atoms with Crippen LogP contribution in [0.25, 0.3) is 44.8 Å². The zero-order valence-corrected chi connectivity index (χ0v) is 23.0. The molecule has 0 saturated carbocycles. The van der Waals surface area contributed by atoms with E-state index in [0.29, 0.717) is 23.1 Å². The van der Waals surface area contributed by atoms with Gasteiger partial charge in [0.1, 0.15) is 11.6 Å². The van der Waals surface area contributed by atoms with Crippen LogP contribution in [0.4, 0.5) is 0 Å². The third-order valence-corrected chi connectivity index (χ3v) is 7.67. The van der Waals surface area contributed by atoms with Gasteiger partial charge in [0.05, 0.1) is 22.1 Å². The van der Waals surface area contributed by atoms with Gasteiger partial charge in [0, 0.05) is 34.3 Å². The Balaban J connectivity index is 1.46. The van der Waals surface area contributed by atoms with Crippen LogP contribution in [0.5, 0.6) is 0 Å². The average molecular weight is 560 g/mol. The molecule has 5 aromatic carbocycles. The Morgan fingerprint density at radius 3 is 1.30 bits per heavy atom. The third-order valence-electron chi connectivity index (χ3n) is 7.20. The molecule has 6 heteroatoms. The van der Waals surface area contributed by atoms with Gasteiger partial charge in [-0.15, -0.1) is 0 Å². The highest BCUT2D eigenvalue weighted by atomic mass is 35.5. The molecule has 0 aliphatic heterocycles. The van der Waals surface area contributed by atoms with Gasteiger partial charge >= 0.3 is 0 Å². The molecule has 4 nitrogen and oxygen atoms in total. The number of nitrogens with zero attached hydrogens (tertiary/aromatic N) is 4. The molecule has 0 N–H and O–H groups in total. The van der Waals surface area contributed by atoms with Crippen molar-refractivity contribution in [3.8, 4) is 22.8 Å². The lowest BCUT2D eigenvalue weighted by atomic mass is 10.1. The maximum atomic E-state index is 6.47. The van der Waals surface area contributed by atoms with E-state index in [1.807, 2.05) is 48.5 Å². The van der Waals surface area contributed by atoms with Gasteiger partial charge in [-0.3, -0.25) is 0 Å². The lowest BCUT2D eigenvalue weighted by Crippen LogP contribution is -2.05. The molecule has 0 unspecified atom stereocenters. The Hall–Kier alpha value is -4.38. The van der Waals surface area contributed by atoms with Crippen LogP contribution in [-0.4, -0.2) is 19.1 Å². The van der Waals surface area contributed by atoms with Gasteiger partial charge in [-0.25, -0.2) is 9.97 Å². The van der Waals surface area contributed by atoms with Crippen LogP contribution in [0, 0.1) is 0 Å². The predicted octanol–water partition coefficient (Wildman–Crippen LogP) is 9.12. The van der Waals surface area contributed by atoms with Gasteiger partial charge in [0.15, 0.2) is 0 Å². The minimum Gasteiger partial charge on any atom is -0.319 e. The summed E-state index contributed by atoms with van der Waals surface area (Å²) in [6.07, 6.45) is 0. The molecule has 0 saturated heterocycles. The van der Waals surface area contributed by atoms with Crippen molar-refractivity contribution in [2.75, 3.05) is 0 Å². The predicted molar refractivity (Wildman–Crippen MR) is 165 cm³/mol. The monoisotopic (exact) mass is 558 g/mol. The lowest BCUT2D eigenvalue weighted by Gasteiger charge is -2.15. The van der Waals surface area contributed by atoms with Crippen molar-refractivity contribution in [1.82, 2.24) is 19.1 Å². The van der Waals surface area contributed by atoms with Crippen molar-refractivity contribution < 1.29 is 0 Å². The fourth-order valence-electron chi connectivity index (χ4n) is 5.33. The van der Waals surface area contributed by atoms with Crippen LogP contribution in [0.15, 0.2) is 121 Å².